The first-order valence-electron chi connectivity index (χ1n) is 7.53. The number of hydrogen-bond acceptors (Lipinski definition) is 3. The molecular weight excluding hydrogens is 311 g/mol. The molecule has 1 aromatic carbocycles. The van der Waals surface area contributed by atoms with Gasteiger partial charge in [0.05, 0.1) is 28.9 Å². The first-order valence-corrected chi connectivity index (χ1v) is 8.28. The molecule has 1 aromatic rings. The Morgan fingerprint density at radius 3 is 2.81 bits per heavy atom. The van der Waals surface area contributed by atoms with Crippen LogP contribution in [0.15, 0.2) is 12.1 Å². The van der Waals surface area contributed by atoms with Crippen molar-refractivity contribution in [2.75, 3.05) is 13.2 Å². The number of aliphatic hydroxyl groups excluding tert-OH is 1. The maximum atomic E-state index is 10.3. The molecule has 0 aliphatic carbocycles. The molecule has 0 spiro atoms. The highest BCUT2D eigenvalue weighted by Gasteiger charge is 2.19. The highest BCUT2D eigenvalue weighted by Crippen LogP contribution is 2.36. The molecule has 1 aliphatic rings. The summed E-state index contributed by atoms with van der Waals surface area (Å²) in [5.74, 6) is 0.552. The van der Waals surface area contributed by atoms with Gasteiger partial charge in [0.1, 0.15) is 5.75 Å². The highest BCUT2D eigenvalue weighted by molar-refractivity contribution is 6.34. The Morgan fingerprint density at radius 1 is 1.33 bits per heavy atom. The molecule has 1 aliphatic heterocycles. The van der Waals surface area contributed by atoms with E-state index in [4.69, 9.17) is 32.7 Å². The minimum Gasteiger partial charge on any atom is -0.492 e. The van der Waals surface area contributed by atoms with Gasteiger partial charge in [0, 0.05) is 18.2 Å². The highest BCUT2D eigenvalue weighted by atomic mass is 35.5. The number of ether oxygens (including phenoxy) is 2. The van der Waals surface area contributed by atoms with Gasteiger partial charge < -0.3 is 14.6 Å². The number of rotatable bonds is 6. The Morgan fingerprint density at radius 2 is 2.14 bits per heavy atom. The molecule has 0 aromatic heterocycles. The van der Waals surface area contributed by atoms with Crippen LogP contribution in [0.4, 0.5) is 0 Å². The van der Waals surface area contributed by atoms with Crippen molar-refractivity contribution < 1.29 is 14.6 Å². The van der Waals surface area contributed by atoms with Crippen molar-refractivity contribution in [1.29, 1.82) is 0 Å². The van der Waals surface area contributed by atoms with E-state index < -0.39 is 6.10 Å². The van der Waals surface area contributed by atoms with Gasteiger partial charge in [-0.2, -0.15) is 0 Å². The van der Waals surface area contributed by atoms with E-state index >= 15 is 0 Å². The lowest BCUT2D eigenvalue weighted by molar-refractivity contribution is 0.00213. The smallest absolute Gasteiger partial charge is 0.139 e. The second-order valence-electron chi connectivity index (χ2n) is 5.32. The fourth-order valence-corrected chi connectivity index (χ4v) is 3.11. The second kappa shape index (κ2) is 8.23. The van der Waals surface area contributed by atoms with Gasteiger partial charge in [-0.3, -0.25) is 0 Å². The van der Waals surface area contributed by atoms with Crippen molar-refractivity contribution in [3.05, 3.63) is 27.7 Å². The second-order valence-corrected chi connectivity index (χ2v) is 6.13. The summed E-state index contributed by atoms with van der Waals surface area (Å²) in [4.78, 5) is 0. The van der Waals surface area contributed by atoms with E-state index in [1.165, 1.54) is 6.42 Å². The first kappa shape index (κ1) is 16.9. The summed E-state index contributed by atoms with van der Waals surface area (Å²) in [5, 5.41) is 11.3. The number of halogens is 2. The number of benzene rings is 1. The van der Waals surface area contributed by atoms with Gasteiger partial charge in [0.25, 0.3) is 0 Å². The molecule has 0 amide bonds. The average molecular weight is 333 g/mol. The third kappa shape index (κ3) is 4.75. The summed E-state index contributed by atoms with van der Waals surface area (Å²) in [6.45, 7) is 3.24. The summed E-state index contributed by atoms with van der Waals surface area (Å²) in [6, 6.07) is 3.37. The van der Waals surface area contributed by atoms with Crippen LogP contribution in [0.2, 0.25) is 10.0 Å². The van der Waals surface area contributed by atoms with Crippen LogP contribution in [0.5, 0.6) is 5.75 Å². The SMILES string of the molecule is CCOc1cc(Cl)c(C(O)CCC2CCCCO2)cc1Cl. The van der Waals surface area contributed by atoms with E-state index in [9.17, 15) is 5.11 Å². The zero-order valence-electron chi connectivity index (χ0n) is 12.3. The molecule has 118 valence electrons. The largest absolute Gasteiger partial charge is 0.492 e. The van der Waals surface area contributed by atoms with Crippen molar-refractivity contribution in [3.63, 3.8) is 0 Å². The average Bonchev–Trinajstić information content (AvgIpc) is 2.49. The molecule has 1 heterocycles. The van der Waals surface area contributed by atoms with E-state index in [1.807, 2.05) is 6.92 Å². The van der Waals surface area contributed by atoms with Crippen LogP contribution >= 0.6 is 23.2 Å². The van der Waals surface area contributed by atoms with E-state index in [1.54, 1.807) is 12.1 Å². The van der Waals surface area contributed by atoms with Gasteiger partial charge in [-0.05, 0) is 45.1 Å². The van der Waals surface area contributed by atoms with Gasteiger partial charge in [0.15, 0.2) is 0 Å². The summed E-state index contributed by atoms with van der Waals surface area (Å²) >= 11 is 12.4. The molecule has 2 atom stereocenters. The van der Waals surface area contributed by atoms with Gasteiger partial charge in [-0.25, -0.2) is 0 Å². The van der Waals surface area contributed by atoms with Crippen molar-refractivity contribution >= 4 is 23.2 Å². The predicted molar refractivity (Wildman–Crippen MR) is 85.4 cm³/mol. The van der Waals surface area contributed by atoms with Crippen LogP contribution in [0.3, 0.4) is 0 Å². The Hall–Kier alpha value is -0.480. The molecule has 3 nitrogen and oxygen atoms in total. The molecule has 2 unspecified atom stereocenters. The molecular formula is C16H22Cl2O3. The first-order chi connectivity index (χ1) is 10.1. The maximum absolute atomic E-state index is 10.3. The van der Waals surface area contributed by atoms with Crippen molar-refractivity contribution in [2.45, 2.75) is 51.2 Å². The number of aliphatic hydroxyl groups is 1. The molecule has 0 bridgehead atoms. The van der Waals surface area contributed by atoms with E-state index in [2.05, 4.69) is 0 Å². The van der Waals surface area contributed by atoms with Gasteiger partial charge >= 0.3 is 0 Å². The van der Waals surface area contributed by atoms with Gasteiger partial charge in [0.2, 0.25) is 0 Å². The van der Waals surface area contributed by atoms with Gasteiger partial charge in [-0.15, -0.1) is 0 Å². The zero-order chi connectivity index (χ0) is 15.2. The molecule has 1 fully saturated rings. The van der Waals surface area contributed by atoms with Crippen LogP contribution in [0.1, 0.15) is 50.7 Å². The lowest BCUT2D eigenvalue weighted by atomic mass is 9.99. The van der Waals surface area contributed by atoms with Crippen LogP contribution in [-0.4, -0.2) is 24.4 Å². The monoisotopic (exact) mass is 332 g/mol. The molecule has 0 saturated carbocycles. The quantitative estimate of drug-likeness (QED) is 0.815. The molecule has 2 rings (SSSR count). The summed E-state index contributed by atoms with van der Waals surface area (Å²) < 4.78 is 11.1. The molecule has 0 radical (unpaired) electrons. The maximum Gasteiger partial charge on any atom is 0.139 e. The Bertz CT molecular complexity index is 459. The number of hydrogen-bond donors (Lipinski definition) is 1. The van der Waals surface area contributed by atoms with Crippen molar-refractivity contribution in [3.8, 4) is 5.75 Å². The van der Waals surface area contributed by atoms with Crippen LogP contribution < -0.4 is 4.74 Å². The predicted octanol–water partition coefficient (Wildman–Crippen LogP) is 4.77. The lowest BCUT2D eigenvalue weighted by Crippen LogP contribution is -2.19. The fraction of sp³-hybridized carbons (Fsp3) is 0.625. The Balaban J connectivity index is 1.97. The Kier molecular flexibility index (Phi) is 6.62. The Labute approximate surface area is 136 Å². The third-order valence-electron chi connectivity index (χ3n) is 3.75. The molecule has 21 heavy (non-hydrogen) atoms. The molecule has 1 N–H and O–H groups in total. The summed E-state index contributed by atoms with van der Waals surface area (Å²) in [6.07, 6.45) is 4.50. The minimum atomic E-state index is -0.629. The molecule has 1 saturated heterocycles. The summed E-state index contributed by atoms with van der Waals surface area (Å²) in [7, 11) is 0. The fourth-order valence-electron chi connectivity index (χ4n) is 2.60. The topological polar surface area (TPSA) is 38.7 Å². The third-order valence-corrected chi connectivity index (χ3v) is 4.37. The zero-order valence-corrected chi connectivity index (χ0v) is 13.8. The van der Waals surface area contributed by atoms with E-state index in [0.29, 0.717) is 34.4 Å². The van der Waals surface area contributed by atoms with Crippen LogP contribution in [-0.2, 0) is 4.74 Å². The van der Waals surface area contributed by atoms with Gasteiger partial charge in [-0.1, -0.05) is 23.2 Å². The lowest BCUT2D eigenvalue weighted by Gasteiger charge is -2.24. The normalized spacial score (nSPS) is 20.3. The standard InChI is InChI=1S/C16H22Cl2O3/c1-2-20-16-10-13(17)12(9-14(16)18)15(19)7-6-11-5-3-4-8-21-11/h9-11,15,19H,2-8H2,1H3. The minimum absolute atomic E-state index is 0.255. The molecule has 5 heteroatoms. The van der Waals surface area contributed by atoms with E-state index in [0.717, 1.165) is 25.9 Å². The van der Waals surface area contributed by atoms with Crippen molar-refractivity contribution in [2.24, 2.45) is 0 Å². The van der Waals surface area contributed by atoms with Crippen molar-refractivity contribution in [1.82, 2.24) is 0 Å². The van der Waals surface area contributed by atoms with E-state index in [-0.39, 0.29) is 6.10 Å². The summed E-state index contributed by atoms with van der Waals surface area (Å²) in [5.41, 5.74) is 0.654. The van der Waals surface area contributed by atoms with Crippen LogP contribution in [0, 0.1) is 0 Å². The van der Waals surface area contributed by atoms with Crippen LogP contribution in [0.25, 0.3) is 0 Å².